The maximum Gasteiger partial charge on any atom is 0.252 e. The third-order valence-electron chi connectivity index (χ3n) is 6.53. The molecule has 1 aliphatic rings. The standard InChI is InChI=1S/C23H29I3N8O/c1-7-17-22(14-27,15(2)3)9-11-33(17)18-8-10-28-20(31-18)30-16-12-29-34(13-16)21(4,23(24,25)26)19(35)32(5)6/h7-8,10,12-13,15H,9,11H2,1-6H3,(H,28,30,31)/t21?,22-/m1/s1. The number of nitrogens with zero attached hydrogens (tertiary/aromatic N) is 7. The van der Waals surface area contributed by atoms with E-state index in [-0.39, 0.29) is 11.8 Å². The molecule has 0 aliphatic carbocycles. The molecule has 1 N–H and O–H groups in total. The van der Waals surface area contributed by atoms with Crippen LogP contribution in [0.15, 0.2) is 36.4 Å². The highest BCUT2D eigenvalue weighted by molar-refractivity contribution is 14.3. The van der Waals surface area contributed by atoms with Crippen LogP contribution in [0.4, 0.5) is 17.5 Å². The molecule has 0 spiro atoms. The molecule has 0 saturated carbocycles. The van der Waals surface area contributed by atoms with Crippen molar-refractivity contribution in [2.75, 3.05) is 30.9 Å². The van der Waals surface area contributed by atoms with Gasteiger partial charge >= 0.3 is 0 Å². The maximum atomic E-state index is 13.1. The van der Waals surface area contributed by atoms with E-state index in [9.17, 15) is 10.1 Å². The van der Waals surface area contributed by atoms with Gasteiger partial charge in [0.2, 0.25) is 5.95 Å². The van der Waals surface area contributed by atoms with Gasteiger partial charge in [0.1, 0.15) is 11.2 Å². The highest BCUT2D eigenvalue weighted by Gasteiger charge is 2.52. The van der Waals surface area contributed by atoms with Crippen molar-refractivity contribution < 1.29 is 4.79 Å². The number of anilines is 3. The maximum absolute atomic E-state index is 13.1. The van der Waals surface area contributed by atoms with Crippen molar-refractivity contribution >= 4 is 91.1 Å². The molecule has 3 rings (SSSR count). The molecule has 188 valence electrons. The second-order valence-corrected chi connectivity index (χ2v) is 20.2. The summed E-state index contributed by atoms with van der Waals surface area (Å²) in [7, 11) is 3.49. The number of nitrogens with one attached hydrogen (secondary N) is 1. The van der Waals surface area contributed by atoms with E-state index in [1.54, 1.807) is 42.3 Å². The first kappa shape index (κ1) is 28.4. The third kappa shape index (κ3) is 5.13. The molecule has 1 fully saturated rings. The molecule has 1 aliphatic heterocycles. The Balaban J connectivity index is 1.90. The number of likely N-dealkylation sites (N-methyl/N-ethyl adjacent to an activating group) is 1. The number of amides is 1. The lowest BCUT2D eigenvalue weighted by Gasteiger charge is -2.38. The Morgan fingerprint density at radius 1 is 1.37 bits per heavy atom. The lowest BCUT2D eigenvalue weighted by molar-refractivity contribution is -0.137. The van der Waals surface area contributed by atoms with Crippen LogP contribution < -0.4 is 10.2 Å². The van der Waals surface area contributed by atoms with E-state index in [2.05, 4.69) is 108 Å². The Labute approximate surface area is 247 Å². The summed E-state index contributed by atoms with van der Waals surface area (Å²) in [5.41, 5.74) is 0.208. The van der Waals surface area contributed by atoms with Gasteiger partial charge in [0.15, 0.2) is 4.97 Å². The van der Waals surface area contributed by atoms with Crippen LogP contribution in [0.5, 0.6) is 0 Å². The Morgan fingerprint density at radius 3 is 2.60 bits per heavy atom. The van der Waals surface area contributed by atoms with Crippen LogP contribution in [0.1, 0.15) is 34.1 Å². The van der Waals surface area contributed by atoms with Crippen LogP contribution in [-0.4, -0.2) is 50.6 Å². The fourth-order valence-corrected chi connectivity index (χ4v) is 5.79. The molecule has 9 nitrogen and oxygen atoms in total. The van der Waals surface area contributed by atoms with Gasteiger partial charge in [-0.3, -0.25) is 9.48 Å². The van der Waals surface area contributed by atoms with Gasteiger partial charge in [-0.2, -0.15) is 15.3 Å². The predicted molar refractivity (Wildman–Crippen MR) is 163 cm³/mol. The Morgan fingerprint density at radius 2 is 2.06 bits per heavy atom. The summed E-state index contributed by atoms with van der Waals surface area (Å²) in [6.45, 7) is 8.75. The Hall–Kier alpha value is -1.22. The number of nitriles is 1. The quantitative estimate of drug-likeness (QED) is 0.293. The summed E-state index contributed by atoms with van der Waals surface area (Å²) in [6, 6.07) is 4.42. The van der Waals surface area contributed by atoms with Gasteiger partial charge < -0.3 is 15.1 Å². The van der Waals surface area contributed by atoms with Crippen LogP contribution in [0.25, 0.3) is 0 Å². The van der Waals surface area contributed by atoms with E-state index in [1.165, 1.54) is 0 Å². The lowest BCUT2D eigenvalue weighted by atomic mass is 9.75. The predicted octanol–water partition coefficient (Wildman–Crippen LogP) is 5.46. The van der Waals surface area contributed by atoms with Gasteiger partial charge in [-0.1, -0.05) is 87.7 Å². The van der Waals surface area contributed by atoms with Crippen LogP contribution in [0, 0.1) is 22.7 Å². The Bertz CT molecular complexity index is 1170. The SMILES string of the molecule is CC=C1N(c2ccnc(Nc3cnn(C(C)(C(=O)N(C)C)C(I)(I)I)c3)n2)CC[C@@]1(C#N)C(C)C. The molecule has 1 saturated heterocycles. The van der Waals surface area contributed by atoms with Gasteiger partial charge in [0.25, 0.3) is 5.91 Å². The first-order chi connectivity index (χ1) is 16.3. The summed E-state index contributed by atoms with van der Waals surface area (Å²) in [4.78, 5) is 25.9. The molecule has 3 heterocycles. The molecule has 2 atom stereocenters. The van der Waals surface area contributed by atoms with Crippen molar-refractivity contribution in [2.24, 2.45) is 11.3 Å². The van der Waals surface area contributed by atoms with Gasteiger partial charge in [0.05, 0.1) is 18.0 Å². The number of allylic oxidation sites excluding steroid dienone is 2. The lowest BCUT2D eigenvalue weighted by Crippen LogP contribution is -2.54. The molecule has 0 aromatic carbocycles. The zero-order chi connectivity index (χ0) is 26.2. The van der Waals surface area contributed by atoms with Gasteiger partial charge in [-0.15, -0.1) is 0 Å². The molecule has 1 unspecified atom stereocenters. The zero-order valence-corrected chi connectivity index (χ0v) is 27.0. The molecule has 0 bridgehead atoms. The van der Waals surface area contributed by atoms with Gasteiger partial charge in [-0.25, -0.2) is 4.98 Å². The normalized spacial score (nSPS) is 21.2. The second-order valence-electron chi connectivity index (χ2n) is 9.12. The van der Waals surface area contributed by atoms with Crippen LogP contribution in [0.3, 0.4) is 0 Å². The van der Waals surface area contributed by atoms with Gasteiger partial charge in [0, 0.05) is 38.7 Å². The number of aromatic nitrogens is 4. The monoisotopic (exact) mass is 814 g/mol. The summed E-state index contributed by atoms with van der Waals surface area (Å²) in [6.07, 6.45) is 7.94. The molecule has 35 heavy (non-hydrogen) atoms. The largest absolute Gasteiger partial charge is 0.347 e. The van der Waals surface area contributed by atoms with Crippen molar-refractivity contribution in [1.82, 2.24) is 24.6 Å². The number of alkyl halides is 3. The van der Waals surface area contributed by atoms with E-state index in [4.69, 9.17) is 4.98 Å². The summed E-state index contributed by atoms with van der Waals surface area (Å²) in [5, 5.41) is 17.7. The number of halogens is 3. The molecule has 2 aromatic rings. The van der Waals surface area contributed by atoms with Gasteiger partial charge in [-0.05, 0) is 32.3 Å². The number of carbonyl (C=O) groups excluding carboxylic acids is 1. The Kier molecular flexibility index (Phi) is 8.62. The summed E-state index contributed by atoms with van der Waals surface area (Å²) in [5.74, 6) is 1.29. The average Bonchev–Trinajstić information content (AvgIpc) is 3.42. The molecular formula is C23H29I3N8O. The number of carbonyl (C=O) groups is 1. The van der Waals surface area contributed by atoms with Crippen molar-refractivity contribution in [3.63, 3.8) is 0 Å². The first-order valence-corrected chi connectivity index (χ1v) is 14.3. The van der Waals surface area contributed by atoms with E-state index < -0.39 is 10.4 Å². The summed E-state index contributed by atoms with van der Waals surface area (Å²) < 4.78 is 1.22. The van der Waals surface area contributed by atoms with Crippen LogP contribution in [-0.2, 0) is 10.3 Å². The van der Waals surface area contributed by atoms with E-state index in [0.717, 1.165) is 17.9 Å². The minimum absolute atomic E-state index is 0.0531. The van der Waals surface area contributed by atoms with Crippen LogP contribution >= 0.6 is 67.8 Å². The highest BCUT2D eigenvalue weighted by atomic mass is 127. The molecule has 0 radical (unpaired) electrons. The summed E-state index contributed by atoms with van der Waals surface area (Å²) >= 11 is 6.80. The minimum atomic E-state index is -0.922. The third-order valence-corrected chi connectivity index (χ3v) is 9.68. The fourth-order valence-electron chi connectivity index (χ4n) is 4.36. The number of hydrogen-bond donors (Lipinski definition) is 1. The second kappa shape index (κ2) is 10.6. The molecule has 1 amide bonds. The highest BCUT2D eigenvalue weighted by Crippen LogP contribution is 2.50. The molecule has 2 aromatic heterocycles. The van der Waals surface area contributed by atoms with Crippen molar-refractivity contribution in [2.45, 2.75) is 39.1 Å². The number of rotatable bonds is 7. The minimum Gasteiger partial charge on any atom is -0.347 e. The number of hydrogen-bond acceptors (Lipinski definition) is 7. The zero-order valence-electron chi connectivity index (χ0n) is 20.6. The van der Waals surface area contributed by atoms with E-state index in [1.807, 2.05) is 26.0 Å². The fraction of sp³-hybridized carbons (Fsp3) is 0.522. The van der Waals surface area contributed by atoms with Crippen molar-refractivity contribution in [3.05, 3.63) is 36.4 Å². The average molecular weight is 814 g/mol. The van der Waals surface area contributed by atoms with Crippen molar-refractivity contribution in [3.8, 4) is 6.07 Å². The smallest absolute Gasteiger partial charge is 0.252 e. The molecule has 12 heteroatoms. The van der Waals surface area contributed by atoms with Crippen LogP contribution in [0.2, 0.25) is 0 Å². The van der Waals surface area contributed by atoms with Crippen molar-refractivity contribution in [1.29, 1.82) is 5.26 Å². The molecular weight excluding hydrogens is 785 g/mol. The van der Waals surface area contributed by atoms with E-state index >= 15 is 0 Å². The van der Waals surface area contributed by atoms with E-state index in [0.29, 0.717) is 18.2 Å². The topological polar surface area (TPSA) is 103 Å². The first-order valence-electron chi connectivity index (χ1n) is 11.1.